The lowest BCUT2D eigenvalue weighted by Gasteiger charge is -2.02. The molecule has 17 heavy (non-hydrogen) atoms. The quantitative estimate of drug-likeness (QED) is 0.868. The summed E-state index contributed by atoms with van der Waals surface area (Å²) < 4.78 is 30.3. The molecule has 1 heterocycles. The van der Waals surface area contributed by atoms with Gasteiger partial charge in [0.05, 0.1) is 12.7 Å². The number of nitrogens with zero attached hydrogens (tertiary/aromatic N) is 1. The van der Waals surface area contributed by atoms with E-state index in [4.69, 9.17) is 0 Å². The van der Waals surface area contributed by atoms with Gasteiger partial charge in [-0.25, -0.2) is 13.6 Å². The van der Waals surface area contributed by atoms with Gasteiger partial charge in [-0.3, -0.25) is 5.10 Å². The van der Waals surface area contributed by atoms with Gasteiger partial charge in [-0.2, -0.15) is 5.10 Å². The van der Waals surface area contributed by atoms with E-state index in [2.05, 4.69) is 30.9 Å². The molecule has 1 aromatic carbocycles. The van der Waals surface area contributed by atoms with Gasteiger partial charge in [0.15, 0.2) is 0 Å². The summed E-state index contributed by atoms with van der Waals surface area (Å²) in [6.45, 7) is 0. The van der Waals surface area contributed by atoms with Crippen LogP contribution >= 0.6 is 15.9 Å². The van der Waals surface area contributed by atoms with Crippen molar-refractivity contribution >= 4 is 32.8 Å². The average molecular weight is 305 g/mol. The number of alkyl halides is 2. The van der Waals surface area contributed by atoms with Gasteiger partial charge in [-0.05, 0) is 28.1 Å². The maximum atomic E-state index is 12.7. The minimum absolute atomic E-state index is 0.190. The Kier molecular flexibility index (Phi) is 3.10. The first kappa shape index (κ1) is 12.0. The maximum absolute atomic E-state index is 12.7. The Bertz CT molecular complexity index is 583. The largest absolute Gasteiger partial charge is 0.465 e. The number of rotatable bonds is 2. The fourth-order valence-corrected chi connectivity index (χ4v) is 2.05. The van der Waals surface area contributed by atoms with Gasteiger partial charge in [-0.15, -0.1) is 0 Å². The lowest BCUT2D eigenvalue weighted by atomic mass is 10.1. The first-order valence-corrected chi connectivity index (χ1v) is 5.38. The predicted octanol–water partition coefficient (Wildman–Crippen LogP) is 3.05. The summed E-state index contributed by atoms with van der Waals surface area (Å²) in [6, 6.07) is 2.81. The van der Waals surface area contributed by atoms with Crippen LogP contribution in [0.15, 0.2) is 16.6 Å². The maximum Gasteiger partial charge on any atom is 0.337 e. The lowest BCUT2D eigenvalue weighted by Crippen LogP contribution is -2.01. The number of carbonyl (C=O) groups is 1. The number of halogens is 3. The highest BCUT2D eigenvalue weighted by Gasteiger charge is 2.19. The van der Waals surface area contributed by atoms with Gasteiger partial charge in [0.2, 0.25) is 0 Å². The zero-order valence-corrected chi connectivity index (χ0v) is 10.2. The summed E-state index contributed by atoms with van der Waals surface area (Å²) in [5.74, 6) is -0.589. The van der Waals surface area contributed by atoms with E-state index in [9.17, 15) is 13.6 Å². The topological polar surface area (TPSA) is 55.0 Å². The molecule has 0 aliphatic rings. The van der Waals surface area contributed by atoms with Gasteiger partial charge in [0.25, 0.3) is 6.43 Å². The third-order valence-corrected chi connectivity index (χ3v) is 2.89. The van der Waals surface area contributed by atoms with Crippen LogP contribution in [0.1, 0.15) is 22.5 Å². The van der Waals surface area contributed by atoms with Crippen LogP contribution in [0.2, 0.25) is 0 Å². The van der Waals surface area contributed by atoms with Crippen molar-refractivity contribution in [3.63, 3.8) is 0 Å². The summed E-state index contributed by atoms with van der Waals surface area (Å²) in [4.78, 5) is 11.4. The van der Waals surface area contributed by atoms with Gasteiger partial charge < -0.3 is 4.74 Å². The van der Waals surface area contributed by atoms with Gasteiger partial charge in [0.1, 0.15) is 11.2 Å². The number of benzene rings is 1. The van der Waals surface area contributed by atoms with E-state index in [1.54, 1.807) is 0 Å². The predicted molar refractivity (Wildman–Crippen MR) is 60.1 cm³/mol. The molecule has 0 spiro atoms. The van der Waals surface area contributed by atoms with E-state index < -0.39 is 12.4 Å². The van der Waals surface area contributed by atoms with Crippen LogP contribution in [0.3, 0.4) is 0 Å². The summed E-state index contributed by atoms with van der Waals surface area (Å²) in [5, 5.41) is 6.22. The SMILES string of the molecule is COC(=O)c1cc(Br)c2n[nH]c(C(F)F)c2c1. The second-order valence-electron chi connectivity index (χ2n) is 3.28. The van der Waals surface area contributed by atoms with Crippen LogP contribution < -0.4 is 0 Å². The minimum Gasteiger partial charge on any atom is -0.465 e. The molecule has 0 aliphatic carbocycles. The number of esters is 1. The molecule has 1 aromatic heterocycles. The highest BCUT2D eigenvalue weighted by atomic mass is 79.9. The van der Waals surface area contributed by atoms with Crippen molar-refractivity contribution in [2.45, 2.75) is 6.43 Å². The third kappa shape index (κ3) is 2.02. The number of H-pyrrole nitrogens is 1. The van der Waals surface area contributed by atoms with Gasteiger partial charge in [-0.1, -0.05) is 0 Å². The van der Waals surface area contributed by atoms with Crippen molar-refractivity contribution < 1.29 is 18.3 Å². The Hall–Kier alpha value is -1.50. The van der Waals surface area contributed by atoms with E-state index >= 15 is 0 Å². The molecular formula is C10H7BrF2N2O2. The van der Waals surface area contributed by atoms with Crippen LogP contribution in [-0.2, 0) is 4.74 Å². The second kappa shape index (κ2) is 4.40. The highest BCUT2D eigenvalue weighted by molar-refractivity contribution is 9.10. The smallest absolute Gasteiger partial charge is 0.337 e. The van der Waals surface area contributed by atoms with Crippen molar-refractivity contribution in [2.24, 2.45) is 0 Å². The molecule has 0 unspecified atom stereocenters. The van der Waals surface area contributed by atoms with E-state index in [0.717, 1.165) is 0 Å². The standard InChI is InChI=1S/C10H7BrF2N2O2/c1-17-10(16)4-2-5-7(6(11)3-4)14-15-8(5)9(12)13/h2-3,9H,1H3,(H,14,15). The number of carbonyl (C=O) groups excluding carboxylic acids is 1. The summed E-state index contributed by atoms with van der Waals surface area (Å²) in [5.41, 5.74) is 0.231. The Labute approximate surface area is 103 Å². The van der Waals surface area contributed by atoms with Crippen LogP contribution in [0.25, 0.3) is 10.9 Å². The summed E-state index contributed by atoms with van der Waals surface area (Å²) >= 11 is 3.17. The van der Waals surface area contributed by atoms with Crippen molar-refractivity contribution in [3.05, 3.63) is 27.9 Å². The van der Waals surface area contributed by atoms with Crippen molar-refractivity contribution in [3.8, 4) is 0 Å². The normalized spacial score (nSPS) is 11.1. The highest BCUT2D eigenvalue weighted by Crippen LogP contribution is 2.31. The van der Waals surface area contributed by atoms with E-state index in [-0.39, 0.29) is 16.6 Å². The number of methoxy groups -OCH3 is 1. The monoisotopic (exact) mass is 304 g/mol. The zero-order chi connectivity index (χ0) is 12.6. The molecule has 0 bridgehead atoms. The second-order valence-corrected chi connectivity index (χ2v) is 4.14. The number of hydrogen-bond acceptors (Lipinski definition) is 3. The molecule has 0 atom stereocenters. The van der Waals surface area contributed by atoms with Crippen molar-refractivity contribution in [2.75, 3.05) is 7.11 Å². The number of nitrogens with one attached hydrogen (secondary N) is 1. The average Bonchev–Trinajstić information content (AvgIpc) is 2.72. The fourth-order valence-electron chi connectivity index (χ4n) is 1.50. The molecule has 0 amide bonds. The third-order valence-electron chi connectivity index (χ3n) is 2.28. The molecule has 0 saturated carbocycles. The first-order valence-electron chi connectivity index (χ1n) is 4.58. The van der Waals surface area contributed by atoms with Crippen molar-refractivity contribution in [1.82, 2.24) is 10.2 Å². The molecule has 1 N–H and O–H groups in total. The summed E-state index contributed by atoms with van der Waals surface area (Å²) in [7, 11) is 1.23. The Balaban J connectivity index is 2.69. The van der Waals surface area contributed by atoms with E-state index in [1.807, 2.05) is 0 Å². The summed E-state index contributed by atoms with van der Waals surface area (Å²) in [6.07, 6.45) is -2.68. The van der Waals surface area contributed by atoms with Crippen LogP contribution in [0, 0.1) is 0 Å². The molecule has 2 aromatic rings. The molecule has 7 heteroatoms. The number of fused-ring (bicyclic) bond motifs is 1. The molecule has 0 radical (unpaired) electrons. The van der Waals surface area contributed by atoms with Crippen LogP contribution in [0.4, 0.5) is 8.78 Å². The van der Waals surface area contributed by atoms with Crippen LogP contribution in [-0.4, -0.2) is 23.3 Å². The molecule has 0 saturated heterocycles. The number of aromatic amines is 1. The lowest BCUT2D eigenvalue weighted by molar-refractivity contribution is 0.0600. The number of aromatic nitrogens is 2. The van der Waals surface area contributed by atoms with Crippen LogP contribution in [0.5, 0.6) is 0 Å². The Morgan fingerprint density at radius 2 is 2.24 bits per heavy atom. The molecule has 2 rings (SSSR count). The van der Waals surface area contributed by atoms with Crippen molar-refractivity contribution in [1.29, 1.82) is 0 Å². The Morgan fingerprint density at radius 1 is 1.53 bits per heavy atom. The minimum atomic E-state index is -2.68. The molecule has 4 nitrogen and oxygen atoms in total. The number of ether oxygens (including phenoxy) is 1. The molecular weight excluding hydrogens is 298 g/mol. The fraction of sp³-hybridized carbons (Fsp3) is 0.200. The molecule has 0 aliphatic heterocycles. The van der Waals surface area contributed by atoms with E-state index in [1.165, 1.54) is 19.2 Å². The van der Waals surface area contributed by atoms with E-state index in [0.29, 0.717) is 9.99 Å². The van der Waals surface area contributed by atoms with Gasteiger partial charge >= 0.3 is 5.97 Å². The molecule has 90 valence electrons. The van der Waals surface area contributed by atoms with Gasteiger partial charge in [0, 0.05) is 9.86 Å². The zero-order valence-electron chi connectivity index (χ0n) is 8.63. The molecule has 0 fully saturated rings. The Morgan fingerprint density at radius 3 is 2.82 bits per heavy atom. The number of hydrogen-bond donors (Lipinski definition) is 1. The first-order chi connectivity index (χ1) is 8.04.